The molecule has 30 heavy (non-hydrogen) atoms. The van der Waals surface area contributed by atoms with Gasteiger partial charge in [0.25, 0.3) is 0 Å². The molecule has 1 saturated heterocycles. The molecule has 3 amide bonds. The summed E-state index contributed by atoms with van der Waals surface area (Å²) in [7, 11) is 3.24. The number of piperidine rings is 1. The normalized spacial score (nSPS) is 18.8. The van der Waals surface area contributed by atoms with Crippen LogP contribution in [0.1, 0.15) is 17.9 Å². The fourth-order valence-corrected chi connectivity index (χ4v) is 3.82. The van der Waals surface area contributed by atoms with Gasteiger partial charge in [-0.15, -0.1) is 0 Å². The number of carbonyl (C=O) groups excluding carboxylic acids is 2. The summed E-state index contributed by atoms with van der Waals surface area (Å²) >= 11 is 3.38. The summed E-state index contributed by atoms with van der Waals surface area (Å²) in [5.41, 5.74) is 1.72. The maximum atomic E-state index is 12.6. The van der Waals surface area contributed by atoms with Crippen LogP contribution in [0.4, 0.5) is 10.5 Å². The molecule has 160 valence electrons. The van der Waals surface area contributed by atoms with Gasteiger partial charge in [0.2, 0.25) is 5.91 Å². The highest BCUT2D eigenvalue weighted by molar-refractivity contribution is 9.10. The molecule has 1 heterocycles. The molecule has 0 bridgehead atoms. The Morgan fingerprint density at radius 1 is 1.13 bits per heavy atom. The molecule has 1 aliphatic heterocycles. The number of amides is 3. The molecule has 2 aromatic rings. The molecule has 0 aromatic heterocycles. The summed E-state index contributed by atoms with van der Waals surface area (Å²) in [6.07, 6.45) is 0.230. The first-order valence-corrected chi connectivity index (χ1v) is 10.5. The van der Waals surface area contributed by atoms with Crippen molar-refractivity contribution in [3.63, 3.8) is 0 Å². The molecule has 2 N–H and O–H groups in total. The van der Waals surface area contributed by atoms with Gasteiger partial charge in [-0.05, 0) is 42.0 Å². The van der Waals surface area contributed by atoms with Crippen molar-refractivity contribution in [3.05, 3.63) is 58.6 Å². The lowest BCUT2D eigenvalue weighted by Gasteiger charge is -2.38. The minimum absolute atomic E-state index is 0.00533. The summed E-state index contributed by atoms with van der Waals surface area (Å²) in [6, 6.07) is 14.4. The molecule has 1 aliphatic rings. The van der Waals surface area contributed by atoms with Crippen molar-refractivity contribution in [1.82, 2.24) is 10.2 Å². The van der Waals surface area contributed by atoms with E-state index in [1.165, 1.54) is 0 Å². The van der Waals surface area contributed by atoms with E-state index in [9.17, 15) is 9.59 Å². The molecule has 1 fully saturated rings. The van der Waals surface area contributed by atoms with Gasteiger partial charge < -0.3 is 25.0 Å². The van der Waals surface area contributed by atoms with Crippen molar-refractivity contribution in [2.24, 2.45) is 0 Å². The second kappa shape index (κ2) is 10.4. The number of ether oxygens (including phenoxy) is 2. The Hall–Kier alpha value is -2.58. The molecule has 0 saturated carbocycles. The van der Waals surface area contributed by atoms with E-state index < -0.39 is 0 Å². The number of likely N-dealkylation sites (tertiary alicyclic amines) is 1. The maximum Gasteiger partial charge on any atom is 0.319 e. The smallest absolute Gasteiger partial charge is 0.319 e. The van der Waals surface area contributed by atoms with Crippen LogP contribution in [0.15, 0.2) is 53.0 Å². The molecular formula is C22H26BrN3O4. The third-order valence-corrected chi connectivity index (χ3v) is 5.71. The van der Waals surface area contributed by atoms with Crippen LogP contribution in [-0.4, -0.2) is 56.8 Å². The first kappa shape index (κ1) is 22.1. The fourth-order valence-electron chi connectivity index (χ4n) is 3.55. The predicted octanol–water partition coefficient (Wildman–Crippen LogP) is 3.61. The SMILES string of the molecule is COCCN1CC(c2ccc(OC)cc2)C(NC(=O)Nc2ccc(Br)cc2)CC1=O. The highest BCUT2D eigenvalue weighted by Crippen LogP contribution is 2.29. The summed E-state index contributed by atoms with van der Waals surface area (Å²) in [5, 5.41) is 5.83. The van der Waals surface area contributed by atoms with Crippen LogP contribution in [0.25, 0.3) is 0 Å². The van der Waals surface area contributed by atoms with Gasteiger partial charge in [0, 0.05) is 48.7 Å². The van der Waals surface area contributed by atoms with E-state index in [2.05, 4.69) is 26.6 Å². The Labute approximate surface area is 184 Å². The second-order valence-corrected chi connectivity index (χ2v) is 8.04. The molecule has 0 radical (unpaired) electrons. The lowest BCUT2D eigenvalue weighted by atomic mass is 9.85. The third kappa shape index (κ3) is 5.73. The number of methoxy groups -OCH3 is 2. The number of halogens is 1. The molecule has 0 aliphatic carbocycles. The topological polar surface area (TPSA) is 79.9 Å². The van der Waals surface area contributed by atoms with E-state index in [1.807, 2.05) is 48.5 Å². The molecule has 2 unspecified atom stereocenters. The van der Waals surface area contributed by atoms with E-state index in [-0.39, 0.29) is 30.3 Å². The Morgan fingerprint density at radius 3 is 2.47 bits per heavy atom. The highest BCUT2D eigenvalue weighted by atomic mass is 79.9. The van der Waals surface area contributed by atoms with E-state index >= 15 is 0 Å². The lowest BCUT2D eigenvalue weighted by Crippen LogP contribution is -2.53. The molecule has 3 rings (SSSR count). The van der Waals surface area contributed by atoms with Gasteiger partial charge >= 0.3 is 6.03 Å². The molecule has 0 spiro atoms. The third-order valence-electron chi connectivity index (χ3n) is 5.18. The Bertz CT molecular complexity index is 858. The van der Waals surface area contributed by atoms with E-state index in [4.69, 9.17) is 9.47 Å². The summed E-state index contributed by atoms with van der Waals surface area (Å²) in [5.74, 6) is 0.728. The minimum Gasteiger partial charge on any atom is -0.497 e. The van der Waals surface area contributed by atoms with Crippen LogP contribution in [0.5, 0.6) is 5.75 Å². The van der Waals surface area contributed by atoms with Crippen LogP contribution < -0.4 is 15.4 Å². The zero-order chi connectivity index (χ0) is 21.5. The number of nitrogens with zero attached hydrogens (tertiary/aromatic N) is 1. The molecular weight excluding hydrogens is 450 g/mol. The van der Waals surface area contributed by atoms with Crippen molar-refractivity contribution in [2.45, 2.75) is 18.4 Å². The fraction of sp³-hybridized carbons (Fsp3) is 0.364. The lowest BCUT2D eigenvalue weighted by molar-refractivity contribution is -0.135. The van der Waals surface area contributed by atoms with Gasteiger partial charge in [0.05, 0.1) is 13.7 Å². The standard InChI is InChI=1S/C22H26BrN3O4/c1-29-12-11-26-14-19(15-3-9-18(30-2)10-4-15)20(13-21(26)27)25-22(28)24-17-7-5-16(23)6-8-17/h3-10,19-20H,11-14H2,1-2H3,(H2,24,25,28). The number of carbonyl (C=O) groups is 2. The number of benzene rings is 2. The summed E-state index contributed by atoms with van der Waals surface area (Å²) in [4.78, 5) is 27.0. The maximum absolute atomic E-state index is 12.6. The van der Waals surface area contributed by atoms with Gasteiger partial charge in [-0.1, -0.05) is 28.1 Å². The largest absolute Gasteiger partial charge is 0.497 e. The number of anilines is 1. The first-order chi connectivity index (χ1) is 14.5. The molecule has 7 nitrogen and oxygen atoms in total. The number of urea groups is 1. The quantitative estimate of drug-likeness (QED) is 0.640. The Kier molecular flexibility index (Phi) is 7.70. The Balaban J connectivity index is 1.75. The van der Waals surface area contributed by atoms with Gasteiger partial charge in [-0.25, -0.2) is 4.79 Å². The zero-order valence-corrected chi connectivity index (χ0v) is 18.6. The summed E-state index contributed by atoms with van der Waals surface area (Å²) < 4.78 is 11.3. The number of nitrogens with one attached hydrogen (secondary N) is 2. The molecule has 2 atom stereocenters. The van der Waals surface area contributed by atoms with Crippen LogP contribution in [-0.2, 0) is 9.53 Å². The Morgan fingerprint density at radius 2 is 1.83 bits per heavy atom. The van der Waals surface area contributed by atoms with E-state index in [1.54, 1.807) is 19.1 Å². The molecule has 2 aromatic carbocycles. The summed E-state index contributed by atoms with van der Waals surface area (Å²) in [6.45, 7) is 1.51. The van der Waals surface area contributed by atoms with Crippen molar-refractivity contribution in [2.75, 3.05) is 39.2 Å². The van der Waals surface area contributed by atoms with Gasteiger partial charge in [0.1, 0.15) is 5.75 Å². The highest BCUT2D eigenvalue weighted by Gasteiger charge is 2.35. The van der Waals surface area contributed by atoms with E-state index in [0.29, 0.717) is 25.4 Å². The van der Waals surface area contributed by atoms with E-state index in [0.717, 1.165) is 15.8 Å². The number of hydrogen-bond acceptors (Lipinski definition) is 4. The van der Waals surface area contributed by atoms with Crippen molar-refractivity contribution in [3.8, 4) is 5.75 Å². The first-order valence-electron chi connectivity index (χ1n) is 9.74. The van der Waals surface area contributed by atoms with Crippen LogP contribution in [0.2, 0.25) is 0 Å². The second-order valence-electron chi connectivity index (χ2n) is 7.13. The van der Waals surface area contributed by atoms with Crippen LogP contribution in [0, 0.1) is 0 Å². The minimum atomic E-state index is -0.334. The zero-order valence-electron chi connectivity index (χ0n) is 17.1. The van der Waals surface area contributed by atoms with Crippen molar-refractivity contribution in [1.29, 1.82) is 0 Å². The molecule has 8 heteroatoms. The van der Waals surface area contributed by atoms with Crippen LogP contribution >= 0.6 is 15.9 Å². The van der Waals surface area contributed by atoms with Gasteiger partial charge in [-0.2, -0.15) is 0 Å². The average Bonchev–Trinajstić information content (AvgIpc) is 2.75. The monoisotopic (exact) mass is 475 g/mol. The number of rotatable bonds is 7. The van der Waals surface area contributed by atoms with Crippen molar-refractivity contribution < 1.29 is 19.1 Å². The average molecular weight is 476 g/mol. The number of hydrogen-bond donors (Lipinski definition) is 2. The predicted molar refractivity (Wildman–Crippen MR) is 119 cm³/mol. The van der Waals surface area contributed by atoms with Crippen LogP contribution in [0.3, 0.4) is 0 Å². The van der Waals surface area contributed by atoms with Crippen molar-refractivity contribution >= 4 is 33.6 Å². The van der Waals surface area contributed by atoms with Gasteiger partial charge in [-0.3, -0.25) is 4.79 Å². The van der Waals surface area contributed by atoms with Gasteiger partial charge in [0.15, 0.2) is 0 Å².